The van der Waals surface area contributed by atoms with E-state index in [1.807, 2.05) is 0 Å². The Morgan fingerprint density at radius 1 is 1.10 bits per heavy atom. The zero-order valence-electron chi connectivity index (χ0n) is 25.2. The van der Waals surface area contributed by atoms with Crippen LogP contribution in [0.1, 0.15) is 26.5 Å². The number of imidazole rings is 1. The van der Waals surface area contributed by atoms with Gasteiger partial charge in [-0.3, -0.25) is 27.7 Å². The van der Waals surface area contributed by atoms with Crippen LogP contribution in [-0.4, -0.2) is 118 Å². The van der Waals surface area contributed by atoms with E-state index in [0.717, 1.165) is 17.2 Å². The Bertz CT molecular complexity index is 1590. The molecule has 0 bridgehead atoms. The lowest BCUT2D eigenvalue weighted by molar-refractivity contribution is -0.137. The van der Waals surface area contributed by atoms with Crippen LogP contribution in [0.2, 0.25) is 0 Å². The Morgan fingerprint density at radius 2 is 1.77 bits per heavy atom. The quantitative estimate of drug-likeness (QED) is 0.0599. The number of ether oxygens (including phenoxy) is 1. The number of aromatic nitrogens is 4. The van der Waals surface area contributed by atoms with Crippen molar-refractivity contribution in [2.45, 2.75) is 50.9 Å². The van der Waals surface area contributed by atoms with E-state index in [1.165, 1.54) is 13.8 Å². The second-order valence-corrected chi connectivity index (χ2v) is 15.5. The first-order valence-electron chi connectivity index (χ1n) is 13.7. The van der Waals surface area contributed by atoms with Crippen LogP contribution >= 0.6 is 36.1 Å². The molecule has 0 radical (unpaired) electrons. The smallest absolute Gasteiger partial charge is 0.386 e. The molecular formula is C21H36N7O16P3S. The van der Waals surface area contributed by atoms with E-state index in [1.54, 1.807) is 0 Å². The number of fused-ring (bicyclic) bond motifs is 1. The molecule has 0 aliphatic carbocycles. The predicted octanol–water partition coefficient (Wildman–Crippen LogP) is -1.67. The minimum atomic E-state index is -5.54. The van der Waals surface area contributed by atoms with Gasteiger partial charge < -0.3 is 50.9 Å². The number of thiol groups is 1. The van der Waals surface area contributed by atoms with Crippen molar-refractivity contribution in [3.8, 4) is 0 Å². The van der Waals surface area contributed by atoms with Crippen LogP contribution in [0, 0.1) is 5.41 Å². The lowest BCUT2D eigenvalue weighted by Gasteiger charge is -2.30. The maximum absolute atomic E-state index is 12.6. The standard InChI is InChI=1S/C21H36N7O16P3S/c1-21(2,16(31)19(32)24-4-3-12(29)23-5-6-48)8-41-47(38,39)44-46(36,37)40-7-11-15(43-45(33,34)35)14(30)20(42-11)28-10-27-13-17(22)25-9-26-18(13)28/h9-11,14-16,20,30-31,48H,3-8H2,1-2H3,(H,23,29)(H,24,32)(H,36,37)(H,38,39)(H2,22,25,26)(H2,33,34,35)/t11-,14+,15-,16+,20-/m0/s1. The number of rotatable bonds is 18. The van der Waals surface area contributed by atoms with Crippen molar-refractivity contribution in [2.24, 2.45) is 5.41 Å². The number of phosphoric ester groups is 3. The summed E-state index contributed by atoms with van der Waals surface area (Å²) >= 11 is 3.95. The van der Waals surface area contributed by atoms with E-state index in [2.05, 4.69) is 47.0 Å². The molecule has 1 aliphatic rings. The first-order chi connectivity index (χ1) is 22.2. The molecule has 23 nitrogen and oxygen atoms in total. The Labute approximate surface area is 277 Å². The molecule has 2 aromatic heterocycles. The third kappa shape index (κ3) is 11.2. The molecule has 1 fully saturated rings. The Morgan fingerprint density at radius 3 is 2.42 bits per heavy atom. The molecule has 2 aromatic rings. The Hall–Kier alpha value is -2.11. The summed E-state index contributed by atoms with van der Waals surface area (Å²) in [6, 6.07) is 0. The van der Waals surface area contributed by atoms with Crippen molar-refractivity contribution < 1.29 is 75.7 Å². The highest BCUT2D eigenvalue weighted by Gasteiger charge is 2.50. The molecule has 2 amide bonds. The van der Waals surface area contributed by atoms with Crippen LogP contribution in [0.15, 0.2) is 12.7 Å². The largest absolute Gasteiger partial charge is 0.481 e. The zero-order valence-corrected chi connectivity index (χ0v) is 28.8. The van der Waals surface area contributed by atoms with Gasteiger partial charge in [-0.1, -0.05) is 13.8 Å². The van der Waals surface area contributed by atoms with Crippen LogP contribution < -0.4 is 16.4 Å². The number of hydrogen-bond acceptors (Lipinski definition) is 17. The summed E-state index contributed by atoms with van der Waals surface area (Å²) in [5.74, 6) is -0.943. The van der Waals surface area contributed by atoms with E-state index in [4.69, 9.17) is 19.5 Å². The fraction of sp³-hybridized carbons (Fsp3) is 0.667. The van der Waals surface area contributed by atoms with E-state index in [0.29, 0.717) is 12.3 Å². The van der Waals surface area contributed by atoms with Gasteiger partial charge in [0.15, 0.2) is 17.7 Å². The minimum Gasteiger partial charge on any atom is -0.386 e. The molecule has 0 spiro atoms. The van der Waals surface area contributed by atoms with Crippen molar-refractivity contribution >= 4 is 64.9 Å². The van der Waals surface area contributed by atoms with Crippen LogP contribution in [0.3, 0.4) is 0 Å². The number of carbonyl (C=O) groups excluding carboxylic acids is 2. The third-order valence-electron chi connectivity index (χ3n) is 6.51. The number of carbonyl (C=O) groups is 2. The molecule has 10 N–H and O–H groups in total. The van der Waals surface area contributed by atoms with Crippen molar-refractivity contribution in [3.63, 3.8) is 0 Å². The molecule has 0 saturated carbocycles. The molecule has 3 rings (SSSR count). The van der Waals surface area contributed by atoms with E-state index in [9.17, 15) is 53.1 Å². The number of phosphoric acid groups is 3. The predicted molar refractivity (Wildman–Crippen MR) is 163 cm³/mol. The first-order valence-corrected chi connectivity index (χ1v) is 18.8. The highest BCUT2D eigenvalue weighted by Crippen LogP contribution is 2.61. The number of nitrogens with two attached hydrogens (primary N) is 1. The highest BCUT2D eigenvalue weighted by atomic mass is 32.1. The minimum absolute atomic E-state index is 0.0363. The maximum atomic E-state index is 12.6. The number of anilines is 1. The molecule has 7 atom stereocenters. The molecule has 272 valence electrons. The van der Waals surface area contributed by atoms with Gasteiger partial charge >= 0.3 is 23.5 Å². The number of nitrogens with one attached hydrogen (secondary N) is 2. The highest BCUT2D eigenvalue weighted by molar-refractivity contribution is 7.80. The van der Waals surface area contributed by atoms with Gasteiger partial charge in [0, 0.05) is 30.7 Å². The van der Waals surface area contributed by atoms with Gasteiger partial charge in [-0.05, 0) is 0 Å². The van der Waals surface area contributed by atoms with E-state index in [-0.39, 0.29) is 35.9 Å². The summed E-state index contributed by atoms with van der Waals surface area (Å²) < 4.78 is 61.7. The number of nitrogens with zero attached hydrogens (tertiary/aromatic N) is 4. The SMILES string of the molecule is CC(C)(COP(=O)(O)OP(=O)(O)OC[C@@H]1O[C@H](n2cnc3c(N)ncnc32)[C@H](O)[C@H]1OP(=O)(O)O)[C@H](O)C(=O)NCCC(=O)NCCS. The zero-order chi connectivity index (χ0) is 36.1. The average Bonchev–Trinajstić information content (AvgIpc) is 3.54. The average molecular weight is 768 g/mol. The molecule has 3 heterocycles. The molecule has 1 aliphatic heterocycles. The Balaban J connectivity index is 1.61. The van der Waals surface area contributed by atoms with Crippen molar-refractivity contribution in [1.29, 1.82) is 0 Å². The molecule has 1 saturated heterocycles. The molecular weight excluding hydrogens is 731 g/mol. The number of hydrogen-bond donors (Lipinski definition) is 10. The van der Waals surface area contributed by atoms with Crippen molar-refractivity contribution in [2.75, 3.05) is 37.8 Å². The van der Waals surface area contributed by atoms with E-state index >= 15 is 0 Å². The third-order valence-corrected chi connectivity index (χ3v) is 9.83. The van der Waals surface area contributed by atoms with Gasteiger partial charge in [0.2, 0.25) is 11.8 Å². The summed E-state index contributed by atoms with van der Waals surface area (Å²) in [5.41, 5.74) is 4.30. The van der Waals surface area contributed by atoms with Gasteiger partial charge in [-0.2, -0.15) is 16.9 Å². The van der Waals surface area contributed by atoms with Gasteiger partial charge in [-0.15, -0.1) is 0 Å². The number of nitrogen functional groups attached to an aromatic ring is 1. The Kier molecular flexibility index (Phi) is 13.7. The summed E-state index contributed by atoms with van der Waals surface area (Å²) in [6.07, 6.45) is -6.74. The van der Waals surface area contributed by atoms with Gasteiger partial charge in [-0.25, -0.2) is 28.6 Å². The lowest BCUT2D eigenvalue weighted by Crippen LogP contribution is -2.46. The summed E-state index contributed by atoms with van der Waals surface area (Å²) in [5, 5.41) is 26.1. The monoisotopic (exact) mass is 767 g/mol. The van der Waals surface area contributed by atoms with Crippen LogP contribution in [0.25, 0.3) is 11.2 Å². The molecule has 48 heavy (non-hydrogen) atoms. The van der Waals surface area contributed by atoms with Gasteiger partial charge in [0.25, 0.3) is 0 Å². The topological polar surface area (TPSA) is 347 Å². The van der Waals surface area contributed by atoms with Crippen molar-refractivity contribution in [1.82, 2.24) is 30.2 Å². The van der Waals surface area contributed by atoms with Gasteiger partial charge in [0.05, 0.1) is 19.5 Å². The number of aliphatic hydroxyl groups is 2. The lowest BCUT2D eigenvalue weighted by atomic mass is 9.87. The maximum Gasteiger partial charge on any atom is 0.481 e. The van der Waals surface area contributed by atoms with E-state index < -0.39 is 78.6 Å². The number of aliphatic hydroxyl groups excluding tert-OH is 2. The summed E-state index contributed by atoms with van der Waals surface area (Å²) in [6.45, 7) is 0.723. The fourth-order valence-electron chi connectivity index (χ4n) is 4.14. The normalized spacial score (nSPS) is 23.4. The van der Waals surface area contributed by atoms with Crippen molar-refractivity contribution in [3.05, 3.63) is 12.7 Å². The molecule has 0 aromatic carbocycles. The molecule has 27 heteroatoms. The molecule has 2 unspecified atom stereocenters. The number of amides is 2. The van der Waals surface area contributed by atoms with Gasteiger partial charge in [0.1, 0.15) is 36.3 Å². The second kappa shape index (κ2) is 16.3. The van der Waals surface area contributed by atoms with Crippen LogP contribution in [0.5, 0.6) is 0 Å². The fourth-order valence-corrected chi connectivity index (χ4v) is 7.08. The van der Waals surface area contributed by atoms with Crippen LogP contribution in [-0.2, 0) is 45.9 Å². The summed E-state index contributed by atoms with van der Waals surface area (Å²) in [4.78, 5) is 74.6. The summed E-state index contributed by atoms with van der Waals surface area (Å²) in [7, 11) is -16.3. The first kappa shape index (κ1) is 40.3. The van der Waals surface area contributed by atoms with Crippen LogP contribution in [0.4, 0.5) is 5.82 Å². The second-order valence-electron chi connectivity index (χ2n) is 10.8.